The van der Waals surface area contributed by atoms with E-state index in [1.54, 1.807) is 6.20 Å². The van der Waals surface area contributed by atoms with Crippen LogP contribution in [0.1, 0.15) is 50.5 Å². The number of hydrogen-bond donors (Lipinski definition) is 2. The number of aromatic nitrogens is 1. The summed E-state index contributed by atoms with van der Waals surface area (Å²) in [5, 5.41) is 6.41. The minimum atomic E-state index is -3.03. The molecule has 0 fully saturated rings. The van der Waals surface area contributed by atoms with Crippen LogP contribution in [0.5, 0.6) is 0 Å². The van der Waals surface area contributed by atoms with Crippen molar-refractivity contribution >= 4 is 39.8 Å². The minimum absolute atomic E-state index is 0. The lowest BCUT2D eigenvalue weighted by Crippen LogP contribution is -2.36. The molecule has 2 N–H and O–H groups in total. The van der Waals surface area contributed by atoms with Gasteiger partial charge in [-0.05, 0) is 18.1 Å². The molecular weight excluding hydrogens is 503 g/mol. The van der Waals surface area contributed by atoms with Crippen molar-refractivity contribution in [3.8, 4) is 0 Å². The van der Waals surface area contributed by atoms with Crippen LogP contribution in [-0.2, 0) is 34.1 Å². The lowest BCUT2D eigenvalue weighted by atomic mass is 9.94. The number of aliphatic imine (C=N–C) groups is 1. The molecule has 0 saturated carbocycles. The molecule has 1 heterocycles. The Morgan fingerprint density at radius 3 is 2.28 bits per heavy atom. The molecule has 162 valence electrons. The predicted octanol–water partition coefficient (Wildman–Crippen LogP) is 3.39. The summed E-state index contributed by atoms with van der Waals surface area (Å²) < 4.78 is 28.5. The molecule has 2 rings (SSSR count). The van der Waals surface area contributed by atoms with Gasteiger partial charge in [0, 0.05) is 18.2 Å². The summed E-state index contributed by atoms with van der Waals surface area (Å²) in [6, 6.07) is 7.45. The van der Waals surface area contributed by atoms with Gasteiger partial charge in [0.2, 0.25) is 5.89 Å². The number of rotatable bonds is 7. The van der Waals surface area contributed by atoms with Crippen LogP contribution in [0.4, 0.5) is 0 Å². The van der Waals surface area contributed by atoms with Crippen LogP contribution in [0.15, 0.2) is 39.9 Å². The van der Waals surface area contributed by atoms with Crippen molar-refractivity contribution in [3.63, 3.8) is 0 Å². The van der Waals surface area contributed by atoms with Gasteiger partial charge >= 0.3 is 0 Å². The molecule has 0 amide bonds. The van der Waals surface area contributed by atoms with E-state index < -0.39 is 9.84 Å². The molecule has 0 aliphatic rings. The van der Waals surface area contributed by atoms with Gasteiger partial charge in [0.25, 0.3) is 0 Å². The van der Waals surface area contributed by atoms with E-state index >= 15 is 0 Å². The predicted molar refractivity (Wildman–Crippen MR) is 127 cm³/mol. The van der Waals surface area contributed by atoms with Gasteiger partial charge in [-0.25, -0.2) is 18.4 Å². The van der Waals surface area contributed by atoms with Gasteiger partial charge < -0.3 is 15.1 Å². The second-order valence-corrected chi connectivity index (χ2v) is 9.94. The van der Waals surface area contributed by atoms with Crippen molar-refractivity contribution in [2.75, 3.05) is 12.8 Å². The molecule has 0 bridgehead atoms. The Morgan fingerprint density at radius 1 is 1.14 bits per heavy atom. The van der Waals surface area contributed by atoms with Crippen molar-refractivity contribution in [2.45, 2.75) is 52.0 Å². The SMILES string of the molecule is CCNC(=NCc1ccc(CS(C)(=O)=O)cc1)NCc1ncc(C(C)(C)C)o1.I. The Kier molecular flexibility index (Phi) is 9.60. The van der Waals surface area contributed by atoms with Gasteiger partial charge in [-0.2, -0.15) is 0 Å². The summed E-state index contributed by atoms with van der Waals surface area (Å²) in [7, 11) is -3.03. The largest absolute Gasteiger partial charge is 0.443 e. The van der Waals surface area contributed by atoms with E-state index in [1.807, 2.05) is 31.2 Å². The molecule has 1 aromatic heterocycles. The monoisotopic (exact) mass is 534 g/mol. The third-order valence-electron chi connectivity index (χ3n) is 3.92. The zero-order valence-electron chi connectivity index (χ0n) is 17.7. The molecule has 29 heavy (non-hydrogen) atoms. The van der Waals surface area contributed by atoms with Gasteiger partial charge in [-0.1, -0.05) is 45.0 Å². The highest BCUT2D eigenvalue weighted by Gasteiger charge is 2.19. The first-order valence-electron chi connectivity index (χ1n) is 9.30. The number of nitrogens with one attached hydrogen (secondary N) is 2. The lowest BCUT2D eigenvalue weighted by molar-refractivity contribution is 0.379. The van der Waals surface area contributed by atoms with Crippen LogP contribution in [0.2, 0.25) is 0 Å². The Balaban J connectivity index is 0.00000420. The van der Waals surface area contributed by atoms with Crippen molar-refractivity contribution in [2.24, 2.45) is 4.99 Å². The first kappa shape index (κ1) is 25.4. The number of nitrogens with zero attached hydrogens (tertiary/aromatic N) is 2. The summed E-state index contributed by atoms with van der Waals surface area (Å²) in [6.45, 7) is 9.90. The maximum absolute atomic E-state index is 11.4. The van der Waals surface area contributed by atoms with E-state index in [2.05, 4.69) is 41.4 Å². The van der Waals surface area contributed by atoms with E-state index in [1.165, 1.54) is 6.26 Å². The molecule has 1 aromatic carbocycles. The van der Waals surface area contributed by atoms with E-state index in [4.69, 9.17) is 4.42 Å². The molecule has 0 atom stereocenters. The van der Waals surface area contributed by atoms with Crippen LogP contribution in [0.25, 0.3) is 0 Å². The van der Waals surface area contributed by atoms with E-state index in [9.17, 15) is 8.42 Å². The fraction of sp³-hybridized carbons (Fsp3) is 0.500. The van der Waals surface area contributed by atoms with Crippen LogP contribution in [0, 0.1) is 0 Å². The Morgan fingerprint density at radius 2 is 1.76 bits per heavy atom. The average Bonchev–Trinajstić information content (AvgIpc) is 3.07. The minimum Gasteiger partial charge on any atom is -0.443 e. The topological polar surface area (TPSA) is 96.6 Å². The highest BCUT2D eigenvalue weighted by Crippen LogP contribution is 2.22. The standard InChI is InChI=1S/C20H30N4O3S.HI/c1-6-21-19(24-13-18-22-12-17(27-18)20(2,3)4)23-11-15-7-9-16(10-8-15)14-28(5,25)26;/h7-10,12H,6,11,13-14H2,1-5H3,(H2,21,23,24);1H. The maximum Gasteiger partial charge on any atom is 0.213 e. The Hall–Kier alpha value is -1.62. The van der Waals surface area contributed by atoms with Crippen molar-refractivity contribution in [1.82, 2.24) is 15.6 Å². The molecule has 9 heteroatoms. The molecule has 0 radical (unpaired) electrons. The van der Waals surface area contributed by atoms with Crippen molar-refractivity contribution in [1.29, 1.82) is 0 Å². The molecule has 0 saturated heterocycles. The molecule has 0 aliphatic carbocycles. The number of sulfone groups is 1. The zero-order chi connectivity index (χ0) is 20.8. The number of hydrogen-bond acceptors (Lipinski definition) is 5. The van der Waals surface area contributed by atoms with Gasteiger partial charge in [0.1, 0.15) is 5.76 Å². The molecule has 0 unspecified atom stereocenters. The van der Waals surface area contributed by atoms with Crippen LogP contribution in [0.3, 0.4) is 0 Å². The second kappa shape index (κ2) is 11.0. The quantitative estimate of drug-likeness (QED) is 0.321. The van der Waals surface area contributed by atoms with E-state index in [0.717, 1.165) is 23.4 Å². The van der Waals surface area contributed by atoms with Crippen LogP contribution in [-0.4, -0.2) is 32.2 Å². The first-order valence-corrected chi connectivity index (χ1v) is 11.4. The second-order valence-electron chi connectivity index (χ2n) is 7.80. The van der Waals surface area contributed by atoms with Gasteiger partial charge in [-0.3, -0.25) is 0 Å². The number of oxazole rings is 1. The smallest absolute Gasteiger partial charge is 0.213 e. The Labute approximate surface area is 190 Å². The number of halogens is 1. The zero-order valence-corrected chi connectivity index (χ0v) is 20.8. The highest BCUT2D eigenvalue weighted by molar-refractivity contribution is 14.0. The normalized spacial score (nSPS) is 12.4. The van der Waals surface area contributed by atoms with Crippen molar-refractivity contribution in [3.05, 3.63) is 53.2 Å². The van der Waals surface area contributed by atoms with Crippen LogP contribution < -0.4 is 10.6 Å². The summed E-state index contributed by atoms with van der Waals surface area (Å²) in [6.07, 6.45) is 3.00. The van der Waals surface area contributed by atoms with E-state index in [-0.39, 0.29) is 35.1 Å². The molecule has 0 aliphatic heterocycles. The van der Waals surface area contributed by atoms with Crippen molar-refractivity contribution < 1.29 is 12.8 Å². The molecular formula is C20H31IN4O3S. The van der Waals surface area contributed by atoms with Gasteiger partial charge in [0.15, 0.2) is 15.8 Å². The summed E-state index contributed by atoms with van der Waals surface area (Å²) >= 11 is 0. The highest BCUT2D eigenvalue weighted by atomic mass is 127. The third kappa shape index (κ3) is 9.16. The lowest BCUT2D eigenvalue weighted by Gasteiger charge is -2.13. The maximum atomic E-state index is 11.4. The van der Waals surface area contributed by atoms with Gasteiger partial charge in [-0.15, -0.1) is 24.0 Å². The summed E-state index contributed by atoms with van der Waals surface area (Å²) in [5.41, 5.74) is 1.70. The Bertz CT molecular complexity index is 901. The van der Waals surface area contributed by atoms with Gasteiger partial charge in [0.05, 0.1) is 25.0 Å². The van der Waals surface area contributed by atoms with Crippen LogP contribution >= 0.6 is 24.0 Å². The summed E-state index contributed by atoms with van der Waals surface area (Å²) in [5.74, 6) is 2.17. The third-order valence-corrected chi connectivity index (χ3v) is 4.77. The number of benzene rings is 1. The first-order chi connectivity index (χ1) is 13.1. The van der Waals surface area contributed by atoms with E-state index in [0.29, 0.717) is 24.9 Å². The average molecular weight is 534 g/mol. The fourth-order valence-corrected chi connectivity index (χ4v) is 3.25. The number of guanidine groups is 1. The fourth-order valence-electron chi connectivity index (χ4n) is 2.45. The molecule has 2 aromatic rings. The molecule has 0 spiro atoms. The molecule has 7 nitrogen and oxygen atoms in total. The summed E-state index contributed by atoms with van der Waals surface area (Å²) in [4.78, 5) is 8.88.